The van der Waals surface area contributed by atoms with Crippen LogP contribution < -0.4 is 14.9 Å². The van der Waals surface area contributed by atoms with Gasteiger partial charge in [-0.05, 0) is 36.9 Å². The van der Waals surface area contributed by atoms with E-state index in [1.807, 2.05) is 66.1 Å². The molecular formula is C23H20N2O3S2. The molecule has 1 unspecified atom stereocenters. The number of aromatic nitrogens is 1. The zero-order valence-electron chi connectivity index (χ0n) is 16.6. The Hall–Kier alpha value is -3.03. The normalized spacial score (nSPS) is 16.6. The molecule has 0 N–H and O–H groups in total. The first kappa shape index (κ1) is 20.3. The maximum Gasteiger partial charge on any atom is 0.338 e. The third kappa shape index (κ3) is 3.99. The van der Waals surface area contributed by atoms with Crippen LogP contribution in [-0.4, -0.2) is 17.1 Å². The SMILES string of the molecule is CCOC(=O)C1=C(C)N=c2sc(=Cc3cccs3)c(=O)n2C1C=Cc1ccccc1. The third-order valence-corrected chi connectivity index (χ3v) is 6.45. The number of benzene rings is 1. The standard InChI is InChI=1S/C23H20N2O3S2/c1-3-28-22(27)20-15(2)24-23-25(18(20)12-11-16-8-5-4-6-9-16)21(26)19(30-23)14-17-10-7-13-29-17/h4-14,18H,3H2,1-2H3. The number of nitrogens with zero attached hydrogens (tertiary/aromatic N) is 2. The minimum atomic E-state index is -0.578. The second-order valence-corrected chi connectivity index (χ2v) is 8.62. The number of hydrogen-bond donors (Lipinski definition) is 0. The van der Waals surface area contributed by atoms with Crippen LogP contribution in [0.15, 0.2) is 75.0 Å². The molecule has 0 saturated carbocycles. The zero-order valence-corrected chi connectivity index (χ0v) is 18.2. The van der Waals surface area contributed by atoms with Crippen molar-refractivity contribution < 1.29 is 9.53 Å². The van der Waals surface area contributed by atoms with Gasteiger partial charge in [-0.3, -0.25) is 9.36 Å². The maximum absolute atomic E-state index is 13.3. The first-order valence-electron chi connectivity index (χ1n) is 9.55. The summed E-state index contributed by atoms with van der Waals surface area (Å²) in [6, 6.07) is 13.1. The number of fused-ring (bicyclic) bond motifs is 1. The summed E-state index contributed by atoms with van der Waals surface area (Å²) in [6.07, 6.45) is 5.65. The van der Waals surface area contributed by atoms with Crippen LogP contribution in [-0.2, 0) is 9.53 Å². The molecule has 4 rings (SSSR count). The Labute approximate surface area is 181 Å². The van der Waals surface area contributed by atoms with Crippen LogP contribution in [0.3, 0.4) is 0 Å². The van der Waals surface area contributed by atoms with Crippen molar-refractivity contribution in [1.29, 1.82) is 0 Å². The molecule has 1 aliphatic rings. The molecule has 152 valence electrons. The molecule has 0 spiro atoms. The highest BCUT2D eigenvalue weighted by Gasteiger charge is 2.30. The molecule has 30 heavy (non-hydrogen) atoms. The monoisotopic (exact) mass is 436 g/mol. The van der Waals surface area contributed by atoms with Gasteiger partial charge in [-0.25, -0.2) is 9.79 Å². The van der Waals surface area contributed by atoms with Gasteiger partial charge in [0.2, 0.25) is 0 Å². The molecule has 0 aliphatic carbocycles. The van der Waals surface area contributed by atoms with Gasteiger partial charge < -0.3 is 4.74 Å². The van der Waals surface area contributed by atoms with Crippen molar-refractivity contribution in [2.45, 2.75) is 19.9 Å². The molecule has 5 nitrogen and oxygen atoms in total. The van der Waals surface area contributed by atoms with Crippen LogP contribution in [0.2, 0.25) is 0 Å². The van der Waals surface area contributed by atoms with Crippen molar-refractivity contribution in [2.24, 2.45) is 4.99 Å². The number of thiazole rings is 1. The smallest absolute Gasteiger partial charge is 0.338 e. The topological polar surface area (TPSA) is 60.7 Å². The number of esters is 1. The van der Waals surface area contributed by atoms with E-state index in [-0.39, 0.29) is 12.2 Å². The van der Waals surface area contributed by atoms with Crippen molar-refractivity contribution in [3.63, 3.8) is 0 Å². The summed E-state index contributed by atoms with van der Waals surface area (Å²) in [7, 11) is 0. The van der Waals surface area contributed by atoms with E-state index in [1.54, 1.807) is 29.8 Å². The van der Waals surface area contributed by atoms with Gasteiger partial charge in [0.25, 0.3) is 5.56 Å². The number of rotatable bonds is 5. The van der Waals surface area contributed by atoms with Crippen molar-refractivity contribution in [2.75, 3.05) is 6.61 Å². The Morgan fingerprint density at radius 3 is 2.73 bits per heavy atom. The van der Waals surface area contributed by atoms with Crippen molar-refractivity contribution >= 4 is 40.8 Å². The Morgan fingerprint density at radius 2 is 2.03 bits per heavy atom. The van der Waals surface area contributed by atoms with E-state index in [9.17, 15) is 9.59 Å². The lowest BCUT2D eigenvalue weighted by molar-refractivity contribution is -0.139. The first-order valence-corrected chi connectivity index (χ1v) is 11.2. The largest absolute Gasteiger partial charge is 0.463 e. The van der Waals surface area contributed by atoms with Crippen LogP contribution in [0.4, 0.5) is 0 Å². The predicted octanol–water partition coefficient (Wildman–Crippen LogP) is 3.52. The fraction of sp³-hybridized carbons (Fsp3) is 0.174. The fourth-order valence-corrected chi connectivity index (χ4v) is 5.06. The number of hydrogen-bond acceptors (Lipinski definition) is 6. The summed E-state index contributed by atoms with van der Waals surface area (Å²) >= 11 is 2.90. The molecule has 3 aromatic rings. The van der Waals surface area contributed by atoms with E-state index in [0.29, 0.717) is 20.6 Å². The molecule has 7 heteroatoms. The highest BCUT2D eigenvalue weighted by Crippen LogP contribution is 2.26. The lowest BCUT2D eigenvalue weighted by atomic mass is 10.0. The summed E-state index contributed by atoms with van der Waals surface area (Å²) < 4.78 is 7.45. The molecule has 1 aliphatic heterocycles. The first-order chi connectivity index (χ1) is 14.6. The van der Waals surface area contributed by atoms with Gasteiger partial charge in [-0.2, -0.15) is 0 Å². The molecule has 0 fully saturated rings. The average Bonchev–Trinajstić information content (AvgIpc) is 3.35. The van der Waals surface area contributed by atoms with Gasteiger partial charge in [0, 0.05) is 4.88 Å². The molecule has 3 heterocycles. The van der Waals surface area contributed by atoms with E-state index in [0.717, 1.165) is 10.4 Å². The van der Waals surface area contributed by atoms with Crippen molar-refractivity contribution in [3.8, 4) is 0 Å². The number of thiophene rings is 1. The Bertz CT molecular complexity index is 1300. The quantitative estimate of drug-likeness (QED) is 0.575. The lowest BCUT2D eigenvalue weighted by Crippen LogP contribution is -2.38. The Kier molecular flexibility index (Phi) is 5.92. The minimum Gasteiger partial charge on any atom is -0.463 e. The molecular weight excluding hydrogens is 416 g/mol. The highest BCUT2D eigenvalue weighted by atomic mass is 32.1. The molecule has 0 amide bonds. The van der Waals surface area contributed by atoms with Gasteiger partial charge in [0.15, 0.2) is 4.80 Å². The van der Waals surface area contributed by atoms with Crippen molar-refractivity contribution in [3.05, 3.63) is 95.3 Å². The summed E-state index contributed by atoms with van der Waals surface area (Å²) in [5, 5.41) is 1.97. The molecule has 0 bridgehead atoms. The number of allylic oxidation sites excluding steroid dienone is 2. The van der Waals surface area contributed by atoms with Crippen molar-refractivity contribution in [1.82, 2.24) is 4.57 Å². The molecule has 1 atom stereocenters. The minimum absolute atomic E-state index is 0.163. The van der Waals surface area contributed by atoms with Crippen LogP contribution in [0, 0.1) is 0 Å². The van der Waals surface area contributed by atoms with Crippen LogP contribution >= 0.6 is 22.7 Å². The predicted molar refractivity (Wildman–Crippen MR) is 121 cm³/mol. The molecule has 1 aromatic carbocycles. The van der Waals surface area contributed by atoms with Crippen LogP contribution in [0.5, 0.6) is 0 Å². The van der Waals surface area contributed by atoms with Crippen LogP contribution in [0.1, 0.15) is 30.3 Å². The highest BCUT2D eigenvalue weighted by molar-refractivity contribution is 7.11. The Morgan fingerprint density at radius 1 is 1.23 bits per heavy atom. The van der Waals surface area contributed by atoms with E-state index >= 15 is 0 Å². The van der Waals surface area contributed by atoms with Gasteiger partial charge >= 0.3 is 5.97 Å². The number of ether oxygens (including phenoxy) is 1. The second-order valence-electron chi connectivity index (χ2n) is 6.63. The maximum atomic E-state index is 13.3. The van der Waals surface area contributed by atoms with Crippen LogP contribution in [0.25, 0.3) is 12.2 Å². The van der Waals surface area contributed by atoms with E-state index in [4.69, 9.17) is 4.74 Å². The number of carbonyl (C=O) groups excluding carboxylic acids is 1. The van der Waals surface area contributed by atoms with E-state index in [1.165, 1.54) is 11.3 Å². The average molecular weight is 437 g/mol. The summed E-state index contributed by atoms with van der Waals surface area (Å²) in [4.78, 5) is 32.1. The van der Waals surface area contributed by atoms with Gasteiger partial charge in [0.05, 0.1) is 28.5 Å². The van der Waals surface area contributed by atoms with Gasteiger partial charge in [-0.1, -0.05) is 59.9 Å². The zero-order chi connectivity index (χ0) is 21.1. The molecule has 2 aromatic heterocycles. The summed E-state index contributed by atoms with van der Waals surface area (Å²) in [5.74, 6) is -0.450. The molecule has 0 saturated heterocycles. The van der Waals surface area contributed by atoms with E-state index < -0.39 is 12.0 Å². The summed E-state index contributed by atoms with van der Waals surface area (Å²) in [5.41, 5.74) is 1.78. The molecule has 0 radical (unpaired) electrons. The fourth-order valence-electron chi connectivity index (χ4n) is 3.29. The van der Waals surface area contributed by atoms with E-state index in [2.05, 4.69) is 4.99 Å². The van der Waals surface area contributed by atoms with Gasteiger partial charge in [-0.15, -0.1) is 11.3 Å². The number of carbonyl (C=O) groups is 1. The Balaban J connectivity index is 1.88. The third-order valence-electron chi connectivity index (χ3n) is 4.65. The lowest BCUT2D eigenvalue weighted by Gasteiger charge is -2.21. The summed E-state index contributed by atoms with van der Waals surface area (Å²) in [6.45, 7) is 3.80. The second kappa shape index (κ2) is 8.77. The van der Waals surface area contributed by atoms with Gasteiger partial charge in [0.1, 0.15) is 0 Å².